The van der Waals surface area contributed by atoms with Crippen LogP contribution in [0.4, 0.5) is 0 Å². The summed E-state index contributed by atoms with van der Waals surface area (Å²) in [6, 6.07) is 63.9. The van der Waals surface area contributed by atoms with Gasteiger partial charge in [0.05, 0.1) is 22.1 Å². The molecule has 0 bridgehead atoms. The van der Waals surface area contributed by atoms with Gasteiger partial charge < -0.3 is 17.7 Å². The fraction of sp³-hybridized carbons (Fsp3) is 0. The molecule has 12 aromatic carbocycles. The van der Waals surface area contributed by atoms with E-state index in [1.54, 1.807) is 0 Å². The first-order valence-electron chi connectivity index (χ1n) is 23.1. The Morgan fingerprint density at radius 3 is 0.514 bits per heavy atom. The maximum Gasteiger partial charge on any atom is 0.417 e. The van der Waals surface area contributed by atoms with Gasteiger partial charge in [0.25, 0.3) is 0 Å². The van der Waals surface area contributed by atoms with Gasteiger partial charge in [-0.2, -0.15) is 0 Å². The zero-order valence-corrected chi connectivity index (χ0v) is 37.7. The quantitative estimate of drug-likeness (QED) is 0.108. The number of hydrogen-bond acceptors (Lipinski definition) is 8. The smallest absolute Gasteiger partial charge is 0.407 e. The zero-order valence-electron chi connectivity index (χ0n) is 37.7. The number of fused-ring (bicyclic) bond motifs is 24. The first kappa shape index (κ1) is 41.9. The van der Waals surface area contributed by atoms with Gasteiger partial charge >= 0.3 is 23.0 Å². The van der Waals surface area contributed by atoms with Crippen LogP contribution in [0.2, 0.25) is 0 Å². The van der Waals surface area contributed by atoms with E-state index in [9.17, 15) is 19.2 Å². The first-order chi connectivity index (χ1) is 35.4. The molecule has 0 aliphatic rings. The molecule has 16 aromatic rings. The van der Waals surface area contributed by atoms with Gasteiger partial charge in [0.1, 0.15) is 0 Å². The Labute approximate surface area is 403 Å². The molecule has 16 rings (SSSR count). The number of benzene rings is 12. The molecule has 0 spiro atoms. The zero-order chi connectivity index (χ0) is 48.5. The summed E-state index contributed by atoms with van der Waals surface area (Å²) in [5, 5.41) is 16.8. The molecule has 12 nitrogen and oxygen atoms in total. The Morgan fingerprint density at radius 2 is 0.333 bits per heavy atom. The van der Waals surface area contributed by atoms with Crippen molar-refractivity contribution in [2.75, 3.05) is 0 Å². The highest BCUT2D eigenvalue weighted by molar-refractivity contribution is 6.25. The SMILES string of the molecule is O=c1[nH]c2c3ccccc3c3ccccc3c2o1.O=c1[nH]c2c3ccccc3c3ccccc3c2o1.O=c1[nH]c2c3ccccc3c3ccccc3c2o1.O=c1[nH]c2c3ccccc3c3ccccc3c2o1. The molecule has 0 unspecified atom stereocenters. The van der Waals surface area contributed by atoms with Gasteiger partial charge in [0.15, 0.2) is 22.3 Å². The molecule has 0 atom stereocenters. The van der Waals surface area contributed by atoms with E-state index in [0.29, 0.717) is 22.3 Å². The monoisotopic (exact) mass is 940 g/mol. The molecule has 0 saturated carbocycles. The lowest BCUT2D eigenvalue weighted by atomic mass is 10.0. The maximum atomic E-state index is 11.5. The summed E-state index contributed by atoms with van der Waals surface area (Å²) < 4.78 is 21.1. The van der Waals surface area contributed by atoms with Crippen LogP contribution in [0.3, 0.4) is 0 Å². The minimum Gasteiger partial charge on any atom is -0.407 e. The molecule has 0 saturated heterocycles. The molecule has 4 aromatic heterocycles. The minimum atomic E-state index is -0.411. The summed E-state index contributed by atoms with van der Waals surface area (Å²) in [7, 11) is 0. The molecule has 12 heteroatoms. The number of hydrogen-bond donors (Lipinski definition) is 4. The van der Waals surface area contributed by atoms with Gasteiger partial charge in [-0.25, -0.2) is 19.2 Å². The van der Waals surface area contributed by atoms with E-state index in [1.807, 2.05) is 170 Å². The van der Waals surface area contributed by atoms with Gasteiger partial charge in [-0.1, -0.05) is 194 Å². The number of rotatable bonds is 0. The van der Waals surface area contributed by atoms with Gasteiger partial charge in [0, 0.05) is 43.1 Å². The normalized spacial score (nSPS) is 11.6. The molecule has 0 aliphatic heterocycles. The van der Waals surface area contributed by atoms with Gasteiger partial charge in [-0.15, -0.1) is 0 Å². The van der Waals surface area contributed by atoms with E-state index in [4.69, 9.17) is 17.7 Å². The molecule has 0 radical (unpaired) electrons. The van der Waals surface area contributed by atoms with E-state index >= 15 is 0 Å². The van der Waals surface area contributed by atoms with Crippen molar-refractivity contribution in [1.29, 1.82) is 0 Å². The van der Waals surface area contributed by atoms with Crippen LogP contribution in [0.5, 0.6) is 0 Å². The van der Waals surface area contributed by atoms with Gasteiger partial charge in [-0.3, -0.25) is 19.9 Å². The van der Waals surface area contributed by atoms with Crippen LogP contribution < -0.4 is 23.0 Å². The lowest BCUT2D eigenvalue weighted by molar-refractivity contribution is 0.557. The van der Waals surface area contributed by atoms with Crippen molar-refractivity contribution < 1.29 is 17.7 Å². The summed E-state index contributed by atoms with van der Waals surface area (Å²) in [4.78, 5) is 56.9. The number of H-pyrrole nitrogens is 4. The highest BCUT2D eigenvalue weighted by Gasteiger charge is 2.15. The molecular formula is C60H36N4O8. The standard InChI is InChI=1S/4C15H9NO2/c4*17-15-16-13-11-7-3-1-5-9(11)10-6-2-4-8-12(10)14(13)18-15/h4*1-8H,(H,16,17). The molecule has 0 amide bonds. The van der Waals surface area contributed by atoms with Crippen LogP contribution in [0, 0.1) is 0 Å². The van der Waals surface area contributed by atoms with Crippen LogP contribution in [0.15, 0.2) is 231 Å². The van der Waals surface area contributed by atoms with E-state index in [-0.39, 0.29) is 0 Å². The number of aromatic nitrogens is 4. The summed E-state index contributed by atoms with van der Waals surface area (Å²) in [6.45, 7) is 0. The third-order valence-corrected chi connectivity index (χ3v) is 13.2. The summed E-state index contributed by atoms with van der Waals surface area (Å²) in [5.41, 5.74) is 5.62. The first-order valence-corrected chi connectivity index (χ1v) is 23.1. The highest BCUT2D eigenvalue weighted by atomic mass is 16.4. The number of aromatic amines is 4. The second-order valence-corrected chi connectivity index (χ2v) is 17.2. The van der Waals surface area contributed by atoms with Crippen LogP contribution in [-0.2, 0) is 0 Å². The fourth-order valence-electron chi connectivity index (χ4n) is 10.2. The summed E-state index contributed by atoms with van der Waals surface area (Å²) in [5.74, 6) is -1.64. The number of nitrogens with one attached hydrogen (secondary N) is 4. The predicted molar refractivity (Wildman–Crippen MR) is 287 cm³/mol. The Morgan fingerprint density at radius 1 is 0.194 bits per heavy atom. The van der Waals surface area contributed by atoms with E-state index in [2.05, 4.69) is 44.2 Å². The molecule has 72 heavy (non-hydrogen) atoms. The minimum absolute atomic E-state index is 0.411. The van der Waals surface area contributed by atoms with Crippen molar-refractivity contribution in [3.05, 3.63) is 236 Å². The van der Waals surface area contributed by atoms with Crippen molar-refractivity contribution in [2.24, 2.45) is 0 Å². The third-order valence-electron chi connectivity index (χ3n) is 13.2. The Bertz CT molecular complexity index is 4120. The largest absolute Gasteiger partial charge is 0.417 e. The maximum absolute atomic E-state index is 11.5. The van der Waals surface area contributed by atoms with Crippen LogP contribution in [0.25, 0.3) is 131 Å². The van der Waals surface area contributed by atoms with Crippen molar-refractivity contribution in [3.63, 3.8) is 0 Å². The fourth-order valence-corrected chi connectivity index (χ4v) is 10.2. The van der Waals surface area contributed by atoms with Crippen molar-refractivity contribution in [2.45, 2.75) is 0 Å². The Kier molecular flexibility index (Phi) is 9.78. The van der Waals surface area contributed by atoms with Gasteiger partial charge in [0.2, 0.25) is 0 Å². The van der Waals surface area contributed by atoms with Crippen molar-refractivity contribution >= 4 is 131 Å². The number of oxazole rings is 4. The lowest BCUT2D eigenvalue weighted by Crippen LogP contribution is -1.93. The van der Waals surface area contributed by atoms with Crippen molar-refractivity contribution in [1.82, 2.24) is 19.9 Å². The van der Waals surface area contributed by atoms with Crippen LogP contribution in [0.1, 0.15) is 0 Å². The van der Waals surface area contributed by atoms with Crippen LogP contribution >= 0.6 is 0 Å². The van der Waals surface area contributed by atoms with E-state index in [1.165, 1.54) is 0 Å². The topological polar surface area (TPSA) is 184 Å². The lowest BCUT2D eigenvalue weighted by Gasteiger charge is -2.04. The average Bonchev–Trinajstić information content (AvgIpc) is 4.24. The molecule has 0 fully saturated rings. The predicted octanol–water partition coefficient (Wildman–Crippen LogP) is 13.7. The Hall–Kier alpha value is -10.2. The Balaban J connectivity index is 0.0000000933. The second kappa shape index (κ2) is 16.8. The average molecular weight is 941 g/mol. The van der Waals surface area contributed by atoms with Gasteiger partial charge in [-0.05, 0) is 43.1 Å². The molecule has 4 heterocycles. The van der Waals surface area contributed by atoms with E-state index in [0.717, 1.165) is 108 Å². The highest BCUT2D eigenvalue weighted by Crippen LogP contribution is 2.37. The molecule has 0 aliphatic carbocycles. The molecule has 344 valence electrons. The molecular weight excluding hydrogens is 905 g/mol. The van der Waals surface area contributed by atoms with Crippen molar-refractivity contribution in [3.8, 4) is 0 Å². The van der Waals surface area contributed by atoms with Crippen LogP contribution in [-0.4, -0.2) is 19.9 Å². The summed E-state index contributed by atoms with van der Waals surface area (Å²) in [6.07, 6.45) is 0. The molecule has 4 N–H and O–H groups in total. The third kappa shape index (κ3) is 6.84. The van der Waals surface area contributed by atoms with E-state index < -0.39 is 23.0 Å². The summed E-state index contributed by atoms with van der Waals surface area (Å²) >= 11 is 0. The second-order valence-electron chi connectivity index (χ2n) is 17.2.